The molecule has 0 amide bonds. The molecule has 0 bridgehead atoms. The lowest BCUT2D eigenvalue weighted by Gasteiger charge is -2.52. The monoisotopic (exact) mass is 399 g/mol. The summed E-state index contributed by atoms with van der Waals surface area (Å²) in [6.07, 6.45) is 1.48. The summed E-state index contributed by atoms with van der Waals surface area (Å²) in [5, 5.41) is 11.5. The van der Waals surface area contributed by atoms with Crippen LogP contribution in [0, 0.1) is 11.6 Å². The van der Waals surface area contributed by atoms with Gasteiger partial charge in [-0.05, 0) is 24.3 Å². The number of aromatic hydroxyl groups is 1. The zero-order chi connectivity index (χ0) is 20.6. The largest absolute Gasteiger partial charge is 0.507 e. The Kier molecular flexibility index (Phi) is 3.86. The van der Waals surface area contributed by atoms with Crippen LogP contribution in [0.25, 0.3) is 16.6 Å². The molecule has 1 fully saturated rings. The highest BCUT2D eigenvalue weighted by atomic mass is 19.2. The minimum atomic E-state index is -0.902. The molecule has 1 aromatic heterocycles. The first-order valence-electron chi connectivity index (χ1n) is 9.77. The fourth-order valence-electron chi connectivity index (χ4n) is 4.92. The Balaban J connectivity index is 1.88. The Labute approximate surface area is 167 Å². The summed E-state index contributed by atoms with van der Waals surface area (Å²) in [6, 6.07) is 9.22. The highest BCUT2D eigenvalue weighted by Gasteiger charge is 2.55. The first kappa shape index (κ1) is 18.6. The Bertz CT molecular complexity index is 1130. The van der Waals surface area contributed by atoms with E-state index in [4.69, 9.17) is 9.47 Å². The van der Waals surface area contributed by atoms with E-state index in [1.54, 1.807) is 25.3 Å². The van der Waals surface area contributed by atoms with E-state index in [1.165, 1.54) is 6.07 Å². The second-order valence-electron chi connectivity index (χ2n) is 8.76. The van der Waals surface area contributed by atoms with Crippen molar-refractivity contribution >= 4 is 10.9 Å². The van der Waals surface area contributed by atoms with Crippen molar-refractivity contribution in [3.05, 3.63) is 59.3 Å². The highest BCUT2D eigenvalue weighted by Crippen LogP contribution is 2.57. The van der Waals surface area contributed by atoms with Gasteiger partial charge in [0.25, 0.3) is 0 Å². The summed E-state index contributed by atoms with van der Waals surface area (Å²) in [4.78, 5) is 0. The second-order valence-corrected chi connectivity index (χ2v) is 8.76. The van der Waals surface area contributed by atoms with E-state index < -0.39 is 22.7 Å². The number of phenols is 1. The summed E-state index contributed by atoms with van der Waals surface area (Å²) in [6.45, 7) is 4.62. The van der Waals surface area contributed by atoms with Gasteiger partial charge in [0.1, 0.15) is 11.4 Å². The zero-order valence-corrected chi connectivity index (χ0v) is 16.6. The number of nitrogens with zero attached hydrogens (tertiary/aromatic N) is 1. The summed E-state index contributed by atoms with van der Waals surface area (Å²) in [5.74, 6) is -1.63. The first-order chi connectivity index (χ1) is 13.8. The predicted octanol–water partition coefficient (Wildman–Crippen LogP) is 4.93. The van der Waals surface area contributed by atoms with Crippen LogP contribution in [0.4, 0.5) is 8.78 Å². The van der Waals surface area contributed by atoms with Gasteiger partial charge in [0.05, 0.1) is 18.2 Å². The van der Waals surface area contributed by atoms with E-state index in [2.05, 4.69) is 13.8 Å². The van der Waals surface area contributed by atoms with Crippen molar-refractivity contribution in [3.63, 3.8) is 0 Å². The molecule has 6 heteroatoms. The summed E-state index contributed by atoms with van der Waals surface area (Å²) >= 11 is 0. The molecule has 5 rings (SSSR count). The molecule has 29 heavy (non-hydrogen) atoms. The second kappa shape index (κ2) is 6.03. The molecule has 1 saturated carbocycles. The molecule has 2 heterocycles. The van der Waals surface area contributed by atoms with Crippen LogP contribution in [0.2, 0.25) is 0 Å². The molecule has 1 spiro atoms. The zero-order valence-electron chi connectivity index (χ0n) is 16.6. The molecule has 2 aromatic carbocycles. The molecule has 1 N–H and O–H groups in total. The molecule has 2 aliphatic rings. The minimum Gasteiger partial charge on any atom is -0.507 e. The first-order valence-corrected chi connectivity index (χ1v) is 9.77. The molecular formula is C23H23F2NO3. The fourth-order valence-corrected chi connectivity index (χ4v) is 4.92. The Morgan fingerprint density at radius 2 is 1.90 bits per heavy atom. The van der Waals surface area contributed by atoms with Crippen LogP contribution in [0.3, 0.4) is 0 Å². The van der Waals surface area contributed by atoms with Gasteiger partial charge in [-0.1, -0.05) is 19.9 Å². The number of hydrogen-bond donors (Lipinski definition) is 1. The summed E-state index contributed by atoms with van der Waals surface area (Å²) in [5.41, 5.74) is 2.22. The van der Waals surface area contributed by atoms with Crippen LogP contribution in [-0.4, -0.2) is 29.5 Å². The summed E-state index contributed by atoms with van der Waals surface area (Å²) < 4.78 is 41.6. The van der Waals surface area contributed by atoms with Crippen molar-refractivity contribution in [3.8, 4) is 11.4 Å². The van der Waals surface area contributed by atoms with Crippen LogP contribution < -0.4 is 0 Å². The average molecular weight is 399 g/mol. The number of benzene rings is 2. The maximum Gasteiger partial charge on any atom is 0.160 e. The molecule has 1 aliphatic carbocycles. The number of ether oxygens (including phenoxy) is 2. The number of rotatable bonds is 2. The molecule has 1 aliphatic heterocycles. The quantitative estimate of drug-likeness (QED) is 0.665. The molecule has 3 aromatic rings. The molecule has 152 valence electrons. The van der Waals surface area contributed by atoms with Gasteiger partial charge in [-0.3, -0.25) is 0 Å². The van der Waals surface area contributed by atoms with Gasteiger partial charge < -0.3 is 19.1 Å². The molecule has 0 saturated heterocycles. The third-order valence-corrected chi connectivity index (χ3v) is 6.39. The van der Waals surface area contributed by atoms with Gasteiger partial charge in [-0.2, -0.15) is 0 Å². The lowest BCUT2D eigenvalue weighted by molar-refractivity contribution is -0.187. The van der Waals surface area contributed by atoms with E-state index >= 15 is 0 Å². The molecule has 0 unspecified atom stereocenters. The van der Waals surface area contributed by atoms with Crippen molar-refractivity contribution < 1.29 is 23.4 Å². The van der Waals surface area contributed by atoms with Crippen LogP contribution in [0.5, 0.6) is 5.75 Å². The number of fused-ring (bicyclic) bond motifs is 4. The van der Waals surface area contributed by atoms with Crippen molar-refractivity contribution in [1.82, 2.24) is 4.57 Å². The average Bonchev–Trinajstić information content (AvgIpc) is 3.01. The van der Waals surface area contributed by atoms with E-state index in [0.29, 0.717) is 30.5 Å². The third-order valence-electron chi connectivity index (χ3n) is 6.39. The Hall–Kier alpha value is -2.44. The smallest absolute Gasteiger partial charge is 0.160 e. The van der Waals surface area contributed by atoms with E-state index in [1.807, 2.05) is 10.6 Å². The van der Waals surface area contributed by atoms with Gasteiger partial charge >= 0.3 is 0 Å². The topological polar surface area (TPSA) is 43.6 Å². The van der Waals surface area contributed by atoms with Crippen molar-refractivity contribution in [2.45, 2.75) is 43.8 Å². The van der Waals surface area contributed by atoms with Crippen LogP contribution in [0.15, 0.2) is 36.4 Å². The molecule has 4 nitrogen and oxygen atoms in total. The van der Waals surface area contributed by atoms with Crippen molar-refractivity contribution in [1.29, 1.82) is 0 Å². The normalized spacial score (nSPS) is 25.2. The Morgan fingerprint density at radius 3 is 2.59 bits per heavy atom. The molecule has 0 atom stereocenters. The lowest BCUT2D eigenvalue weighted by atomic mass is 9.67. The standard InChI is InChI=1S/C23H23F2NO3/c1-22(2)12-29-23(10-14(11-23)28-3)20-19-17(5-4-6-18(19)27)26(21(20)22)13-7-8-15(24)16(25)9-13/h4-9,14,27H,10-12H2,1-3H3. The number of hydrogen-bond acceptors (Lipinski definition) is 3. The highest BCUT2D eigenvalue weighted by molar-refractivity contribution is 5.94. The van der Waals surface area contributed by atoms with Crippen LogP contribution in [0.1, 0.15) is 37.9 Å². The van der Waals surface area contributed by atoms with Gasteiger partial charge in [0.15, 0.2) is 11.6 Å². The van der Waals surface area contributed by atoms with Gasteiger partial charge in [0.2, 0.25) is 0 Å². The van der Waals surface area contributed by atoms with Gasteiger partial charge in [0, 0.05) is 53.8 Å². The maximum absolute atomic E-state index is 14.1. The van der Waals surface area contributed by atoms with E-state index in [0.717, 1.165) is 22.8 Å². The van der Waals surface area contributed by atoms with Crippen molar-refractivity contribution in [2.75, 3.05) is 13.7 Å². The van der Waals surface area contributed by atoms with E-state index in [9.17, 15) is 13.9 Å². The lowest BCUT2D eigenvalue weighted by Crippen LogP contribution is -2.53. The number of halogens is 2. The Morgan fingerprint density at radius 1 is 1.14 bits per heavy atom. The summed E-state index contributed by atoms with van der Waals surface area (Å²) in [7, 11) is 1.69. The van der Waals surface area contributed by atoms with Gasteiger partial charge in [-0.25, -0.2) is 8.78 Å². The van der Waals surface area contributed by atoms with Crippen molar-refractivity contribution in [2.24, 2.45) is 0 Å². The maximum atomic E-state index is 14.1. The van der Waals surface area contributed by atoms with Gasteiger partial charge in [-0.15, -0.1) is 0 Å². The fraction of sp³-hybridized carbons (Fsp3) is 0.391. The molecule has 0 radical (unpaired) electrons. The third kappa shape index (κ3) is 2.49. The van der Waals surface area contributed by atoms with Crippen LogP contribution >= 0.6 is 0 Å². The predicted molar refractivity (Wildman–Crippen MR) is 106 cm³/mol. The van der Waals surface area contributed by atoms with Crippen LogP contribution in [-0.2, 0) is 20.5 Å². The van der Waals surface area contributed by atoms with E-state index in [-0.39, 0.29) is 11.9 Å². The number of aromatic nitrogens is 1. The minimum absolute atomic E-state index is 0.0941. The number of phenolic OH excluding ortho intramolecular Hbond substituents is 1. The SMILES string of the molecule is COC1CC2(C1)OCC(C)(C)c1c2c2c(O)cccc2n1-c1ccc(F)c(F)c1. The number of methoxy groups -OCH3 is 1. The molecular weight excluding hydrogens is 376 g/mol.